The monoisotopic (exact) mass is 289 g/mol. The Balaban J connectivity index is 2.03. The zero-order chi connectivity index (χ0) is 15.2. The van der Waals surface area contributed by atoms with E-state index in [1.54, 1.807) is 30.3 Å². The Bertz CT molecular complexity index is 630. The second kappa shape index (κ2) is 6.85. The van der Waals surface area contributed by atoms with Gasteiger partial charge in [0.2, 0.25) is 0 Å². The number of aliphatic hydroxyl groups excluding tert-OH is 1. The van der Waals surface area contributed by atoms with Crippen LogP contribution in [0.3, 0.4) is 0 Å². The first-order valence-corrected chi connectivity index (χ1v) is 6.47. The highest BCUT2D eigenvalue weighted by atomic mass is 19.1. The van der Waals surface area contributed by atoms with Crippen molar-refractivity contribution >= 4 is 5.91 Å². The molecule has 0 saturated carbocycles. The van der Waals surface area contributed by atoms with Crippen molar-refractivity contribution in [1.29, 1.82) is 0 Å². The number of rotatable bonds is 5. The number of para-hydroxylation sites is 1. The predicted octanol–water partition coefficient (Wildman–Crippen LogP) is 2.30. The summed E-state index contributed by atoms with van der Waals surface area (Å²) in [5.74, 6) is -0.631. The van der Waals surface area contributed by atoms with Crippen molar-refractivity contribution in [1.82, 2.24) is 5.32 Å². The van der Waals surface area contributed by atoms with Crippen molar-refractivity contribution in [2.24, 2.45) is 0 Å². The number of methoxy groups -OCH3 is 1. The Morgan fingerprint density at radius 1 is 1.24 bits per heavy atom. The van der Waals surface area contributed by atoms with Gasteiger partial charge in [0.1, 0.15) is 11.6 Å². The van der Waals surface area contributed by atoms with Crippen molar-refractivity contribution in [3.05, 3.63) is 65.5 Å². The first-order valence-electron chi connectivity index (χ1n) is 6.47. The molecule has 1 amide bonds. The van der Waals surface area contributed by atoms with E-state index >= 15 is 0 Å². The Labute approximate surface area is 122 Å². The van der Waals surface area contributed by atoms with Crippen LogP contribution in [0.25, 0.3) is 0 Å². The number of aliphatic hydroxyl groups is 1. The summed E-state index contributed by atoms with van der Waals surface area (Å²) in [5, 5.41) is 12.6. The zero-order valence-corrected chi connectivity index (χ0v) is 11.5. The lowest BCUT2D eigenvalue weighted by atomic mass is 10.1. The molecule has 0 saturated heterocycles. The van der Waals surface area contributed by atoms with Gasteiger partial charge in [0.25, 0.3) is 5.91 Å². The quantitative estimate of drug-likeness (QED) is 0.888. The molecule has 0 aliphatic rings. The van der Waals surface area contributed by atoms with Crippen LogP contribution in [-0.4, -0.2) is 24.7 Å². The highest BCUT2D eigenvalue weighted by Gasteiger charge is 2.16. The third kappa shape index (κ3) is 3.58. The van der Waals surface area contributed by atoms with E-state index < -0.39 is 17.8 Å². The molecule has 0 spiro atoms. The second-order valence-electron chi connectivity index (χ2n) is 4.45. The molecule has 0 aliphatic carbocycles. The first kappa shape index (κ1) is 15.0. The zero-order valence-electron chi connectivity index (χ0n) is 11.5. The molecule has 0 fully saturated rings. The van der Waals surface area contributed by atoms with Crippen molar-refractivity contribution in [2.45, 2.75) is 6.10 Å². The van der Waals surface area contributed by atoms with E-state index in [0.717, 1.165) is 0 Å². The van der Waals surface area contributed by atoms with Gasteiger partial charge in [-0.3, -0.25) is 4.79 Å². The standard InChI is InChI=1S/C16H16FNO3/c1-21-15-9-5-3-7-12(15)14(19)10-18-16(20)11-6-2-4-8-13(11)17/h2-9,14,19H,10H2,1H3,(H,18,20)/t14-/m0/s1. The molecule has 2 rings (SSSR count). The third-order valence-corrected chi connectivity index (χ3v) is 3.07. The number of hydrogen-bond donors (Lipinski definition) is 2. The van der Waals surface area contributed by atoms with E-state index in [4.69, 9.17) is 4.74 Å². The molecule has 0 radical (unpaired) electrons. The van der Waals surface area contributed by atoms with E-state index in [0.29, 0.717) is 11.3 Å². The lowest BCUT2D eigenvalue weighted by Gasteiger charge is -2.15. The first-order chi connectivity index (χ1) is 10.1. The Morgan fingerprint density at radius 2 is 1.90 bits per heavy atom. The number of hydrogen-bond acceptors (Lipinski definition) is 3. The smallest absolute Gasteiger partial charge is 0.254 e. The Hall–Kier alpha value is -2.40. The minimum Gasteiger partial charge on any atom is -0.496 e. The van der Waals surface area contributed by atoms with E-state index in [2.05, 4.69) is 5.32 Å². The fourth-order valence-corrected chi connectivity index (χ4v) is 1.98. The van der Waals surface area contributed by atoms with Gasteiger partial charge in [-0.25, -0.2) is 4.39 Å². The summed E-state index contributed by atoms with van der Waals surface area (Å²) in [6.45, 7) is -0.0342. The van der Waals surface area contributed by atoms with Gasteiger partial charge in [-0.05, 0) is 18.2 Å². The summed E-state index contributed by atoms with van der Waals surface area (Å²) in [7, 11) is 1.50. The molecule has 0 unspecified atom stereocenters. The van der Waals surface area contributed by atoms with Crippen LogP contribution in [0, 0.1) is 5.82 Å². The van der Waals surface area contributed by atoms with E-state index in [1.807, 2.05) is 0 Å². The molecule has 0 bridgehead atoms. The number of nitrogens with one attached hydrogen (secondary N) is 1. The van der Waals surface area contributed by atoms with Gasteiger partial charge in [0.15, 0.2) is 0 Å². The summed E-state index contributed by atoms with van der Waals surface area (Å²) in [5.41, 5.74) is 0.513. The number of carbonyl (C=O) groups is 1. The molecule has 2 aromatic carbocycles. The van der Waals surface area contributed by atoms with Crippen LogP contribution in [0.15, 0.2) is 48.5 Å². The number of halogens is 1. The average molecular weight is 289 g/mol. The van der Waals surface area contributed by atoms with Gasteiger partial charge >= 0.3 is 0 Å². The minimum absolute atomic E-state index is 0.0342. The van der Waals surface area contributed by atoms with E-state index in [9.17, 15) is 14.3 Å². The minimum atomic E-state index is -0.933. The van der Waals surface area contributed by atoms with Gasteiger partial charge in [-0.2, -0.15) is 0 Å². The third-order valence-electron chi connectivity index (χ3n) is 3.07. The van der Waals surface area contributed by atoms with Gasteiger partial charge in [0, 0.05) is 12.1 Å². The fraction of sp³-hybridized carbons (Fsp3) is 0.188. The molecular weight excluding hydrogens is 273 g/mol. The summed E-state index contributed by atoms with van der Waals surface area (Å²) in [4.78, 5) is 11.9. The maximum atomic E-state index is 13.5. The number of ether oxygens (including phenoxy) is 1. The van der Waals surface area contributed by atoms with Crippen LogP contribution in [0.5, 0.6) is 5.75 Å². The molecule has 5 heteroatoms. The van der Waals surface area contributed by atoms with Gasteiger partial charge in [0.05, 0.1) is 18.8 Å². The fourth-order valence-electron chi connectivity index (χ4n) is 1.98. The molecule has 1 atom stereocenters. The summed E-state index contributed by atoms with van der Waals surface area (Å²) >= 11 is 0. The van der Waals surface area contributed by atoms with Gasteiger partial charge < -0.3 is 15.2 Å². The van der Waals surface area contributed by atoms with E-state index in [-0.39, 0.29) is 12.1 Å². The predicted molar refractivity (Wildman–Crippen MR) is 76.7 cm³/mol. The van der Waals surface area contributed by atoms with Crippen LogP contribution in [-0.2, 0) is 0 Å². The summed E-state index contributed by atoms with van der Waals surface area (Å²) in [6.07, 6.45) is -0.933. The highest BCUT2D eigenvalue weighted by molar-refractivity contribution is 5.94. The van der Waals surface area contributed by atoms with Crippen molar-refractivity contribution in [3.8, 4) is 5.75 Å². The van der Waals surface area contributed by atoms with Crippen molar-refractivity contribution in [3.63, 3.8) is 0 Å². The number of carbonyl (C=O) groups excluding carboxylic acids is 1. The van der Waals surface area contributed by atoms with Crippen LogP contribution in [0.2, 0.25) is 0 Å². The topological polar surface area (TPSA) is 58.6 Å². The molecule has 4 nitrogen and oxygen atoms in total. The van der Waals surface area contributed by atoms with Crippen molar-refractivity contribution < 1.29 is 19.0 Å². The summed E-state index contributed by atoms with van der Waals surface area (Å²) < 4.78 is 18.6. The van der Waals surface area contributed by atoms with E-state index in [1.165, 1.54) is 25.3 Å². The lowest BCUT2D eigenvalue weighted by molar-refractivity contribution is 0.0910. The Morgan fingerprint density at radius 3 is 2.62 bits per heavy atom. The molecule has 2 aromatic rings. The maximum absolute atomic E-state index is 13.5. The van der Waals surface area contributed by atoms with Gasteiger partial charge in [-0.1, -0.05) is 30.3 Å². The van der Waals surface area contributed by atoms with Crippen LogP contribution < -0.4 is 10.1 Å². The SMILES string of the molecule is COc1ccccc1[C@@H](O)CNC(=O)c1ccccc1F. The van der Waals surface area contributed by atoms with Crippen LogP contribution >= 0.6 is 0 Å². The molecular formula is C16H16FNO3. The number of benzene rings is 2. The average Bonchev–Trinajstić information content (AvgIpc) is 2.52. The summed E-state index contributed by atoms with van der Waals surface area (Å²) in [6, 6.07) is 12.7. The number of amides is 1. The van der Waals surface area contributed by atoms with Crippen LogP contribution in [0.1, 0.15) is 22.0 Å². The molecule has 2 N–H and O–H groups in total. The molecule has 0 aromatic heterocycles. The maximum Gasteiger partial charge on any atom is 0.254 e. The van der Waals surface area contributed by atoms with Crippen LogP contribution in [0.4, 0.5) is 4.39 Å². The normalized spacial score (nSPS) is 11.8. The van der Waals surface area contributed by atoms with Gasteiger partial charge in [-0.15, -0.1) is 0 Å². The molecule has 0 heterocycles. The molecule has 0 aliphatic heterocycles. The van der Waals surface area contributed by atoms with Crippen molar-refractivity contribution in [2.75, 3.05) is 13.7 Å². The highest BCUT2D eigenvalue weighted by Crippen LogP contribution is 2.24. The molecule has 21 heavy (non-hydrogen) atoms. The Kier molecular flexibility index (Phi) is 4.90. The largest absolute Gasteiger partial charge is 0.496 e. The molecule has 110 valence electrons. The second-order valence-corrected chi connectivity index (χ2v) is 4.45. The lowest BCUT2D eigenvalue weighted by Crippen LogP contribution is -2.29.